The minimum Gasteiger partial charge on any atom is -0.451 e. The van der Waals surface area contributed by atoms with E-state index >= 15 is 0 Å². The molecule has 1 unspecified atom stereocenters. The SMILES string of the molecule is CC(=O)Nc1ccc(OC(O)NCCS(=O)(=O)O)cc1. The quantitative estimate of drug-likeness (QED) is 0.405. The monoisotopic (exact) mass is 304 g/mol. The first kappa shape index (κ1) is 16.4. The van der Waals surface area contributed by atoms with Crippen LogP contribution >= 0.6 is 0 Å². The van der Waals surface area contributed by atoms with Crippen molar-refractivity contribution < 1.29 is 27.6 Å². The molecule has 1 rings (SSSR count). The van der Waals surface area contributed by atoms with Crippen LogP contribution in [0, 0.1) is 0 Å². The van der Waals surface area contributed by atoms with E-state index < -0.39 is 22.3 Å². The highest BCUT2D eigenvalue weighted by atomic mass is 32.2. The van der Waals surface area contributed by atoms with Crippen molar-refractivity contribution in [3.63, 3.8) is 0 Å². The molecule has 0 saturated carbocycles. The number of carbonyl (C=O) groups excluding carboxylic acids is 1. The Labute approximate surface area is 116 Å². The van der Waals surface area contributed by atoms with Crippen LogP contribution in [0.4, 0.5) is 5.69 Å². The third-order valence-electron chi connectivity index (χ3n) is 2.10. The fraction of sp³-hybridized carbons (Fsp3) is 0.364. The summed E-state index contributed by atoms with van der Waals surface area (Å²) >= 11 is 0. The Bertz CT molecular complexity index is 543. The van der Waals surface area contributed by atoms with Crippen LogP contribution < -0.4 is 15.4 Å². The summed E-state index contributed by atoms with van der Waals surface area (Å²) in [5, 5.41) is 14.4. The number of aliphatic hydroxyl groups excluding tert-OH is 1. The largest absolute Gasteiger partial charge is 0.451 e. The molecule has 9 heteroatoms. The molecule has 0 aliphatic carbocycles. The van der Waals surface area contributed by atoms with E-state index in [-0.39, 0.29) is 12.5 Å². The van der Waals surface area contributed by atoms with E-state index in [0.717, 1.165) is 0 Å². The maximum Gasteiger partial charge on any atom is 0.266 e. The topological polar surface area (TPSA) is 125 Å². The highest BCUT2D eigenvalue weighted by Crippen LogP contribution is 2.16. The number of carbonyl (C=O) groups is 1. The number of hydrogen-bond acceptors (Lipinski definition) is 6. The summed E-state index contributed by atoms with van der Waals surface area (Å²) in [6, 6.07) is 6.22. The van der Waals surface area contributed by atoms with Gasteiger partial charge in [-0.15, -0.1) is 0 Å². The van der Waals surface area contributed by atoms with Gasteiger partial charge in [0.2, 0.25) is 5.91 Å². The zero-order valence-electron chi connectivity index (χ0n) is 10.7. The van der Waals surface area contributed by atoms with Gasteiger partial charge in [-0.3, -0.25) is 14.7 Å². The minimum absolute atomic E-state index is 0.163. The number of nitrogens with one attached hydrogen (secondary N) is 2. The zero-order chi connectivity index (χ0) is 15.2. The van der Waals surface area contributed by atoms with Gasteiger partial charge in [-0.25, -0.2) is 0 Å². The predicted molar refractivity (Wildman–Crippen MR) is 71.8 cm³/mol. The zero-order valence-corrected chi connectivity index (χ0v) is 11.6. The molecular weight excluding hydrogens is 288 g/mol. The van der Waals surface area contributed by atoms with Gasteiger partial charge in [-0.05, 0) is 24.3 Å². The van der Waals surface area contributed by atoms with Gasteiger partial charge >= 0.3 is 0 Å². The van der Waals surface area contributed by atoms with Crippen LogP contribution in [-0.2, 0) is 14.9 Å². The summed E-state index contributed by atoms with van der Waals surface area (Å²) in [6.07, 6.45) is -1.41. The van der Waals surface area contributed by atoms with Crippen LogP contribution in [0.1, 0.15) is 6.92 Å². The molecule has 1 amide bonds. The molecule has 0 aromatic heterocycles. The number of anilines is 1. The smallest absolute Gasteiger partial charge is 0.266 e. The van der Waals surface area contributed by atoms with E-state index in [0.29, 0.717) is 11.4 Å². The Morgan fingerprint density at radius 1 is 1.35 bits per heavy atom. The standard InChI is InChI=1S/C11H16N2O6S/c1-8(14)13-9-2-4-10(5-3-9)19-11(15)12-6-7-20(16,17)18/h2-5,11-12,15H,6-7H2,1H3,(H,13,14)(H,16,17,18). The van der Waals surface area contributed by atoms with Gasteiger partial charge < -0.3 is 15.2 Å². The molecule has 1 aromatic carbocycles. The van der Waals surface area contributed by atoms with E-state index in [2.05, 4.69) is 10.6 Å². The molecule has 4 N–H and O–H groups in total. The fourth-order valence-corrected chi connectivity index (χ4v) is 1.68. The number of ether oxygens (including phenoxy) is 1. The summed E-state index contributed by atoms with van der Waals surface area (Å²) < 4.78 is 34.5. The van der Waals surface area contributed by atoms with Gasteiger partial charge in [0.15, 0.2) is 0 Å². The molecule has 20 heavy (non-hydrogen) atoms. The summed E-state index contributed by atoms with van der Waals surface area (Å²) in [6.45, 7) is 1.22. The number of hydrogen-bond donors (Lipinski definition) is 4. The Hall–Kier alpha value is -1.68. The molecular formula is C11H16N2O6S. The lowest BCUT2D eigenvalue weighted by Gasteiger charge is -2.14. The maximum absolute atomic E-state index is 10.8. The van der Waals surface area contributed by atoms with Crippen molar-refractivity contribution in [3.8, 4) is 5.75 Å². The number of benzene rings is 1. The Kier molecular flexibility index (Phi) is 5.89. The molecule has 0 aliphatic rings. The summed E-state index contributed by atoms with van der Waals surface area (Å²) in [5.41, 5.74) is 0.582. The van der Waals surface area contributed by atoms with Crippen LogP contribution in [0.25, 0.3) is 0 Å². The van der Waals surface area contributed by atoms with Crippen LogP contribution in [0.5, 0.6) is 5.75 Å². The van der Waals surface area contributed by atoms with Gasteiger partial charge in [0.25, 0.3) is 16.5 Å². The van der Waals surface area contributed by atoms with Crippen molar-refractivity contribution in [2.75, 3.05) is 17.6 Å². The molecule has 0 radical (unpaired) electrons. The van der Waals surface area contributed by atoms with E-state index in [1.54, 1.807) is 12.1 Å². The van der Waals surface area contributed by atoms with Crippen molar-refractivity contribution in [2.45, 2.75) is 13.3 Å². The second kappa shape index (κ2) is 7.20. The fourth-order valence-electron chi connectivity index (χ4n) is 1.30. The van der Waals surface area contributed by atoms with Gasteiger partial charge in [0, 0.05) is 19.2 Å². The average Bonchev–Trinajstić information content (AvgIpc) is 2.29. The van der Waals surface area contributed by atoms with Crippen LogP contribution in [0.15, 0.2) is 24.3 Å². The maximum atomic E-state index is 10.8. The Morgan fingerprint density at radius 2 is 1.95 bits per heavy atom. The first-order valence-electron chi connectivity index (χ1n) is 5.67. The molecule has 8 nitrogen and oxygen atoms in total. The van der Waals surface area contributed by atoms with E-state index in [4.69, 9.17) is 9.29 Å². The normalized spacial score (nSPS) is 12.8. The molecule has 0 fully saturated rings. The molecule has 0 aliphatic heterocycles. The lowest BCUT2D eigenvalue weighted by atomic mass is 10.3. The molecule has 0 heterocycles. The van der Waals surface area contributed by atoms with Gasteiger partial charge in [-0.1, -0.05) is 0 Å². The van der Waals surface area contributed by atoms with Gasteiger partial charge in [0.1, 0.15) is 5.75 Å². The second-order valence-corrected chi connectivity index (χ2v) is 5.49. The number of amides is 1. The average molecular weight is 304 g/mol. The van der Waals surface area contributed by atoms with Crippen LogP contribution in [0.3, 0.4) is 0 Å². The van der Waals surface area contributed by atoms with Crippen LogP contribution in [-0.4, -0.2) is 42.7 Å². The van der Waals surface area contributed by atoms with Gasteiger partial charge in [-0.2, -0.15) is 8.42 Å². The molecule has 0 spiro atoms. The highest BCUT2D eigenvalue weighted by molar-refractivity contribution is 7.85. The first-order valence-corrected chi connectivity index (χ1v) is 7.28. The van der Waals surface area contributed by atoms with Crippen molar-refractivity contribution in [1.29, 1.82) is 0 Å². The molecule has 1 aromatic rings. The van der Waals surface area contributed by atoms with Crippen molar-refractivity contribution in [2.24, 2.45) is 0 Å². The molecule has 112 valence electrons. The number of rotatable bonds is 7. The van der Waals surface area contributed by atoms with E-state index in [1.165, 1.54) is 19.1 Å². The Balaban J connectivity index is 2.42. The molecule has 0 saturated heterocycles. The van der Waals surface area contributed by atoms with Gasteiger partial charge in [0.05, 0.1) is 5.75 Å². The third kappa shape index (κ3) is 7.04. The Morgan fingerprint density at radius 3 is 2.45 bits per heavy atom. The first-order chi connectivity index (χ1) is 9.26. The predicted octanol–water partition coefficient (Wildman–Crippen LogP) is -0.223. The highest BCUT2D eigenvalue weighted by Gasteiger charge is 2.08. The van der Waals surface area contributed by atoms with E-state index in [9.17, 15) is 18.3 Å². The molecule has 0 bridgehead atoms. The second-order valence-electron chi connectivity index (χ2n) is 3.92. The minimum atomic E-state index is -4.08. The van der Waals surface area contributed by atoms with Crippen molar-refractivity contribution >= 4 is 21.7 Å². The lowest BCUT2D eigenvalue weighted by molar-refractivity contribution is -0.114. The van der Waals surface area contributed by atoms with Crippen molar-refractivity contribution in [1.82, 2.24) is 5.32 Å². The van der Waals surface area contributed by atoms with Crippen molar-refractivity contribution in [3.05, 3.63) is 24.3 Å². The lowest BCUT2D eigenvalue weighted by Crippen LogP contribution is -2.37. The summed E-state index contributed by atoms with van der Waals surface area (Å²) in [5.74, 6) is -0.411. The molecule has 1 atom stereocenters. The van der Waals surface area contributed by atoms with Crippen LogP contribution in [0.2, 0.25) is 0 Å². The van der Waals surface area contributed by atoms with E-state index in [1.807, 2.05) is 0 Å². The number of aliphatic hydroxyl groups is 1. The third-order valence-corrected chi connectivity index (χ3v) is 2.82. The summed E-state index contributed by atoms with van der Waals surface area (Å²) in [4.78, 5) is 10.8. The summed E-state index contributed by atoms with van der Waals surface area (Å²) in [7, 11) is -4.08.